The molecule has 8 nitrogen and oxygen atoms in total. The van der Waals surface area contributed by atoms with E-state index in [0.717, 1.165) is 34.6 Å². The van der Waals surface area contributed by atoms with Gasteiger partial charge in [0.2, 0.25) is 11.8 Å². The molecule has 0 aliphatic heterocycles. The van der Waals surface area contributed by atoms with Crippen LogP contribution in [-0.4, -0.2) is 88.2 Å². The van der Waals surface area contributed by atoms with Crippen LogP contribution in [0.25, 0.3) is 0 Å². The van der Waals surface area contributed by atoms with E-state index in [4.69, 9.17) is 25.6 Å². The number of hydrogen-bond donors (Lipinski definition) is 2. The monoisotopic (exact) mass is 844 g/mol. The first-order valence-corrected chi connectivity index (χ1v) is 31.1. The van der Waals surface area contributed by atoms with Crippen LogP contribution in [0.15, 0.2) is 24.3 Å². The molecule has 2 amide bonds. The second-order valence-electron chi connectivity index (χ2n) is 16.2. The van der Waals surface area contributed by atoms with Crippen molar-refractivity contribution in [2.45, 2.75) is 154 Å². The predicted molar refractivity (Wildman–Crippen MR) is 239 cm³/mol. The average molecular weight is 845 g/mol. The van der Waals surface area contributed by atoms with Crippen LogP contribution in [0, 0.1) is 5.92 Å². The number of amides is 2. The predicted octanol–water partition coefficient (Wildman–Crippen LogP) is 10.3. The van der Waals surface area contributed by atoms with Crippen molar-refractivity contribution in [1.29, 1.82) is 0 Å². The summed E-state index contributed by atoms with van der Waals surface area (Å²) < 4.78 is 14.3. The minimum absolute atomic E-state index is 0.0127. The summed E-state index contributed by atoms with van der Waals surface area (Å²) in [6.45, 7) is 18.5. The van der Waals surface area contributed by atoms with E-state index in [0.29, 0.717) is 32.2 Å². The van der Waals surface area contributed by atoms with Gasteiger partial charge >= 0.3 is 14.5 Å². The third-order valence-electron chi connectivity index (χ3n) is 9.15. The molecule has 1 aromatic rings. The molecule has 0 aliphatic rings. The van der Waals surface area contributed by atoms with Gasteiger partial charge in [-0.2, -0.15) is 0 Å². The summed E-state index contributed by atoms with van der Waals surface area (Å²) in [6, 6.07) is 11.0. The molecule has 0 radical (unpaired) electrons. The Morgan fingerprint density at radius 3 is 1.98 bits per heavy atom. The normalized spacial score (nSPS) is 13.4. The first-order chi connectivity index (χ1) is 24.8. The topological polar surface area (TPSA) is 105 Å². The van der Waals surface area contributed by atoms with E-state index in [1.165, 1.54) is 61.0 Å². The zero-order valence-electron chi connectivity index (χ0n) is 34.6. The molecule has 2 unspecified atom stereocenters. The molecule has 0 aromatic heterocycles. The highest BCUT2D eigenvalue weighted by Gasteiger charge is 2.39. The molecule has 0 spiro atoms. The number of benzene rings is 1. The Hall–Kier alpha value is -1.01. The molecule has 2 N–H and O–H groups in total. The lowest BCUT2D eigenvalue weighted by Crippen LogP contribution is -2.52. The summed E-state index contributed by atoms with van der Waals surface area (Å²) in [5.74, 6) is -0.387. The fourth-order valence-corrected chi connectivity index (χ4v) is 23.3. The maximum Gasteiger partial charge on any atom is 0.311 e. The number of thioether (sulfide) groups is 2. The molecule has 1 rings (SSSR count). The highest BCUT2D eigenvalue weighted by molar-refractivity contribution is 8.47. The number of thiocarbonyl (C=S) groups is 1. The maximum atomic E-state index is 13.5. The van der Waals surface area contributed by atoms with Gasteiger partial charge in [-0.1, -0.05) is 94.2 Å². The Labute approximate surface area is 340 Å². The van der Waals surface area contributed by atoms with E-state index in [1.54, 1.807) is 30.8 Å². The smallest absolute Gasteiger partial charge is 0.311 e. The first kappa shape index (κ1) is 50.0. The van der Waals surface area contributed by atoms with Crippen LogP contribution in [0.3, 0.4) is 0 Å². The fraction of sp³-hybridized carbons (Fsp3) is 0.744. The number of rotatable bonds is 28. The number of nitrogens with zero attached hydrogens (tertiary/aromatic N) is 1. The Morgan fingerprint density at radius 2 is 1.42 bits per heavy atom. The number of nitrogens with one attached hydrogen (secondary N) is 1. The number of aryl methyl sites for hydroxylation is 2. The first-order valence-electron chi connectivity index (χ1n) is 19.8. The van der Waals surface area contributed by atoms with Crippen molar-refractivity contribution >= 4 is 82.2 Å². The van der Waals surface area contributed by atoms with Gasteiger partial charge in [-0.3, -0.25) is 14.4 Å². The van der Waals surface area contributed by atoms with Crippen LogP contribution in [-0.2, 0) is 35.5 Å². The molecule has 1 aromatic carbocycles. The summed E-state index contributed by atoms with van der Waals surface area (Å²) in [6.07, 6.45) is 10.9. The molecule has 304 valence electrons. The molecule has 2 atom stereocenters. The SMILES string of the molecule is CCCCCCSC(=S)SC(CC(CCc1ccc(CC[Si](C)(C)O[Si](C)(C)O[Si](C)(C)CCCC)cc1)C(=O)N(C)C)C(=O)NCCCCC(=O)O. The van der Waals surface area contributed by atoms with Crippen molar-refractivity contribution in [2.75, 3.05) is 26.4 Å². The van der Waals surface area contributed by atoms with Crippen LogP contribution < -0.4 is 5.32 Å². The third-order valence-corrected chi connectivity index (χ3v) is 23.4. The molecule has 0 fully saturated rings. The molecular formula is C39H72N2O6S3Si3. The summed E-state index contributed by atoms with van der Waals surface area (Å²) in [5.41, 5.74) is 2.46. The number of hydrogen-bond acceptors (Lipinski definition) is 8. The van der Waals surface area contributed by atoms with Crippen molar-refractivity contribution in [3.63, 3.8) is 0 Å². The number of unbranched alkanes of at least 4 members (excludes halogenated alkanes) is 5. The molecular weight excluding hydrogens is 773 g/mol. The minimum atomic E-state index is -2.23. The number of carbonyl (C=O) groups is 3. The zero-order valence-corrected chi connectivity index (χ0v) is 40.1. The lowest BCUT2D eigenvalue weighted by Gasteiger charge is -2.38. The maximum absolute atomic E-state index is 13.5. The highest BCUT2D eigenvalue weighted by Crippen LogP contribution is 2.31. The second-order valence-corrected chi connectivity index (χ2v) is 32.1. The van der Waals surface area contributed by atoms with E-state index in [9.17, 15) is 14.4 Å². The molecule has 0 bridgehead atoms. The van der Waals surface area contributed by atoms with Crippen molar-refractivity contribution < 1.29 is 27.7 Å². The Kier molecular flexibility index (Phi) is 24.5. The number of carboxylic acids is 1. The second kappa shape index (κ2) is 26.0. The lowest BCUT2D eigenvalue weighted by molar-refractivity contribution is -0.137. The fourth-order valence-electron chi connectivity index (χ4n) is 6.45. The zero-order chi connectivity index (χ0) is 40.1. The van der Waals surface area contributed by atoms with Gasteiger partial charge in [-0.25, -0.2) is 0 Å². The van der Waals surface area contributed by atoms with E-state index in [-0.39, 0.29) is 24.2 Å². The van der Waals surface area contributed by atoms with Crippen molar-refractivity contribution in [3.05, 3.63) is 35.4 Å². The highest BCUT2D eigenvalue weighted by atomic mass is 32.2. The van der Waals surface area contributed by atoms with Gasteiger partial charge in [0.25, 0.3) is 0 Å². The van der Waals surface area contributed by atoms with Crippen molar-refractivity contribution in [2.24, 2.45) is 5.92 Å². The molecule has 0 aliphatic carbocycles. The van der Waals surface area contributed by atoms with Gasteiger partial charge in [0.15, 0.2) is 16.6 Å². The molecule has 0 heterocycles. The van der Waals surface area contributed by atoms with E-state index < -0.39 is 36.4 Å². The standard InChI is InChI=1S/C39H72N2O6S3Si3/c1-11-13-15-18-28-49-39(48)50-35(37(44)40-27-17-16-19-36(42)43)31-34(38(45)41(3)4)25-24-32-20-22-33(23-21-32)26-30-52(7,8)47-53(9,10)46-51(5,6)29-14-12-2/h20-23,34-35H,11-19,24-31H2,1-10H3,(H,40,44)(H,42,43). The lowest BCUT2D eigenvalue weighted by atomic mass is 9.93. The summed E-state index contributed by atoms with van der Waals surface area (Å²) in [7, 11) is -2.36. The Morgan fingerprint density at radius 1 is 0.830 bits per heavy atom. The van der Waals surface area contributed by atoms with E-state index in [2.05, 4.69) is 82.7 Å². The van der Waals surface area contributed by atoms with Gasteiger partial charge in [-0.15, -0.1) is 11.8 Å². The number of carbonyl (C=O) groups excluding carboxylic acids is 2. The Bertz CT molecular complexity index is 1250. The molecule has 0 saturated carbocycles. The minimum Gasteiger partial charge on any atom is -0.481 e. The van der Waals surface area contributed by atoms with E-state index in [1.807, 2.05) is 0 Å². The molecule has 0 saturated heterocycles. The van der Waals surface area contributed by atoms with Gasteiger partial charge in [0.1, 0.15) is 3.53 Å². The Balaban J connectivity index is 2.92. The summed E-state index contributed by atoms with van der Waals surface area (Å²) >= 11 is 8.72. The largest absolute Gasteiger partial charge is 0.481 e. The average Bonchev–Trinajstić information content (AvgIpc) is 3.06. The van der Waals surface area contributed by atoms with Crippen molar-refractivity contribution in [1.82, 2.24) is 10.2 Å². The quantitative estimate of drug-likeness (QED) is 0.0485. The van der Waals surface area contributed by atoms with Crippen molar-refractivity contribution in [3.8, 4) is 0 Å². The van der Waals surface area contributed by atoms with Crippen LogP contribution in [0.4, 0.5) is 0 Å². The van der Waals surface area contributed by atoms with Crippen LogP contribution in [0.5, 0.6) is 0 Å². The summed E-state index contributed by atoms with van der Waals surface area (Å²) in [5, 5.41) is 11.5. The number of aliphatic carboxylic acids is 1. The summed E-state index contributed by atoms with van der Waals surface area (Å²) in [4.78, 5) is 39.5. The molecule has 53 heavy (non-hydrogen) atoms. The third kappa shape index (κ3) is 23.6. The van der Waals surface area contributed by atoms with Gasteiger partial charge in [0.05, 0.1) is 5.25 Å². The molecule has 14 heteroatoms. The van der Waals surface area contributed by atoms with Crippen LogP contribution >= 0.6 is 35.7 Å². The van der Waals surface area contributed by atoms with Gasteiger partial charge in [-0.05, 0) is 113 Å². The van der Waals surface area contributed by atoms with Crippen LogP contribution in [0.1, 0.15) is 95.6 Å². The van der Waals surface area contributed by atoms with Crippen LogP contribution in [0.2, 0.25) is 51.4 Å². The van der Waals surface area contributed by atoms with Gasteiger partial charge < -0.3 is 23.6 Å². The number of carboxylic acid groups (broad SMARTS) is 1. The van der Waals surface area contributed by atoms with Gasteiger partial charge in [0, 0.05) is 33.0 Å². The van der Waals surface area contributed by atoms with E-state index >= 15 is 0 Å².